The first-order valence-electron chi connectivity index (χ1n) is 10.1. The van der Waals surface area contributed by atoms with E-state index in [0.29, 0.717) is 5.92 Å². The number of esters is 1. The minimum Gasteiger partial charge on any atom is -0.451 e. The quantitative estimate of drug-likeness (QED) is 0.626. The Balaban J connectivity index is 1.62. The third-order valence-electron chi connectivity index (χ3n) is 5.53. The second-order valence-corrected chi connectivity index (χ2v) is 7.57. The molecule has 1 aromatic carbocycles. The molecule has 6 nitrogen and oxygen atoms in total. The van der Waals surface area contributed by atoms with Gasteiger partial charge in [0.2, 0.25) is 5.91 Å². The summed E-state index contributed by atoms with van der Waals surface area (Å²) in [5.41, 5.74) is 0.788. The van der Waals surface area contributed by atoms with Crippen molar-refractivity contribution in [2.24, 2.45) is 5.92 Å². The lowest BCUT2D eigenvalue weighted by Gasteiger charge is -2.44. The molecule has 2 fully saturated rings. The molecule has 2 atom stereocenters. The van der Waals surface area contributed by atoms with Crippen molar-refractivity contribution in [2.45, 2.75) is 51.5 Å². The topological polar surface area (TPSA) is 75.7 Å². The highest BCUT2D eigenvalue weighted by Crippen LogP contribution is 2.35. The molecular weight excluding hydrogens is 356 g/mol. The molecule has 0 aromatic heterocycles. The molecular formula is C22H28N2O4. The summed E-state index contributed by atoms with van der Waals surface area (Å²) in [6.45, 7) is 1.76. The minimum atomic E-state index is -0.704. The van der Waals surface area contributed by atoms with Gasteiger partial charge in [0.05, 0.1) is 0 Å². The van der Waals surface area contributed by atoms with Gasteiger partial charge in [-0.3, -0.25) is 9.59 Å². The lowest BCUT2D eigenvalue weighted by Crippen LogP contribution is -2.51. The predicted molar refractivity (Wildman–Crippen MR) is 106 cm³/mol. The van der Waals surface area contributed by atoms with E-state index in [1.54, 1.807) is 6.08 Å². The number of nitrogens with one attached hydrogen (secondary N) is 1. The van der Waals surface area contributed by atoms with Crippen LogP contribution in [0.2, 0.25) is 0 Å². The van der Waals surface area contributed by atoms with E-state index in [2.05, 4.69) is 5.32 Å². The van der Waals surface area contributed by atoms with Crippen LogP contribution in [0.5, 0.6) is 0 Å². The van der Waals surface area contributed by atoms with Gasteiger partial charge in [-0.1, -0.05) is 43.2 Å². The van der Waals surface area contributed by atoms with E-state index in [4.69, 9.17) is 4.74 Å². The van der Waals surface area contributed by atoms with Gasteiger partial charge < -0.3 is 15.0 Å². The molecule has 150 valence electrons. The summed E-state index contributed by atoms with van der Waals surface area (Å²) >= 11 is 0. The Hall–Kier alpha value is -2.63. The smallest absolute Gasteiger partial charge is 0.355 e. The number of hydrogen-bond acceptors (Lipinski definition) is 4. The van der Waals surface area contributed by atoms with Crippen molar-refractivity contribution in [3.05, 3.63) is 41.6 Å². The number of fused-ring (bicyclic) bond motifs is 1. The summed E-state index contributed by atoms with van der Waals surface area (Å²) in [5, 5.41) is 2.50. The van der Waals surface area contributed by atoms with Crippen LogP contribution < -0.4 is 5.32 Å². The Morgan fingerprint density at radius 3 is 2.57 bits per heavy atom. The monoisotopic (exact) mass is 384 g/mol. The van der Waals surface area contributed by atoms with Gasteiger partial charge in [0.1, 0.15) is 5.70 Å². The lowest BCUT2D eigenvalue weighted by molar-refractivity contribution is -0.152. The van der Waals surface area contributed by atoms with Gasteiger partial charge >= 0.3 is 5.97 Å². The summed E-state index contributed by atoms with van der Waals surface area (Å²) in [6, 6.07) is 9.45. The average Bonchev–Trinajstić information content (AvgIpc) is 2.71. The normalized spacial score (nSPS) is 22.2. The molecule has 28 heavy (non-hydrogen) atoms. The van der Waals surface area contributed by atoms with Crippen LogP contribution in [-0.2, 0) is 19.1 Å². The van der Waals surface area contributed by atoms with Crippen LogP contribution in [0, 0.1) is 5.92 Å². The van der Waals surface area contributed by atoms with E-state index in [0.717, 1.165) is 31.4 Å². The average molecular weight is 384 g/mol. The molecule has 0 unspecified atom stereocenters. The molecule has 1 saturated heterocycles. The zero-order valence-electron chi connectivity index (χ0n) is 16.4. The second-order valence-electron chi connectivity index (χ2n) is 7.57. The van der Waals surface area contributed by atoms with Crippen LogP contribution >= 0.6 is 0 Å². The third-order valence-corrected chi connectivity index (χ3v) is 5.53. The minimum absolute atomic E-state index is 0.0284. The molecule has 3 rings (SSSR count). The molecule has 0 bridgehead atoms. The molecule has 1 aromatic rings. The maximum absolute atomic E-state index is 12.7. The Kier molecular flexibility index (Phi) is 6.85. The standard InChI is InChI=1S/C22H28N2O4/c1-16(25)23-19(14-17-8-3-2-4-9-17)22(27)28-15-21(26)24-13-7-11-18-10-5-6-12-20(18)24/h2-4,8-9,14,18,20H,5-7,10-13,15H2,1H3,(H,23,25)/b19-14-/t18-,20+/m1/s1. The zero-order valence-corrected chi connectivity index (χ0v) is 16.4. The van der Waals surface area contributed by atoms with Gasteiger partial charge in [-0.15, -0.1) is 0 Å². The number of carbonyl (C=O) groups excluding carboxylic acids is 3. The van der Waals surface area contributed by atoms with Crippen LogP contribution in [0.4, 0.5) is 0 Å². The Labute approximate surface area is 165 Å². The van der Waals surface area contributed by atoms with E-state index >= 15 is 0 Å². The highest BCUT2D eigenvalue weighted by molar-refractivity contribution is 5.98. The fourth-order valence-corrected chi connectivity index (χ4v) is 4.27. The first-order chi connectivity index (χ1) is 13.5. The largest absolute Gasteiger partial charge is 0.451 e. The van der Waals surface area contributed by atoms with Gasteiger partial charge in [-0.2, -0.15) is 0 Å². The van der Waals surface area contributed by atoms with Crippen LogP contribution in [0.25, 0.3) is 6.08 Å². The molecule has 2 aliphatic rings. The molecule has 1 N–H and O–H groups in total. The van der Waals surface area contributed by atoms with Crippen molar-refractivity contribution in [1.29, 1.82) is 0 Å². The first kappa shape index (κ1) is 20.1. The van der Waals surface area contributed by atoms with Gasteiger partial charge in [-0.05, 0) is 43.2 Å². The SMILES string of the molecule is CC(=O)N/C(=C\c1ccccc1)C(=O)OCC(=O)N1CCC[C@H]2CCCC[C@@H]21. The summed E-state index contributed by atoms with van der Waals surface area (Å²) in [4.78, 5) is 38.5. The molecule has 6 heteroatoms. The Morgan fingerprint density at radius 2 is 1.82 bits per heavy atom. The van der Waals surface area contributed by atoms with Crippen molar-refractivity contribution < 1.29 is 19.1 Å². The molecule has 1 saturated carbocycles. The maximum atomic E-state index is 12.7. The van der Waals surface area contributed by atoms with Crippen molar-refractivity contribution in [2.75, 3.05) is 13.2 Å². The third kappa shape index (κ3) is 5.21. The molecule has 1 aliphatic carbocycles. The van der Waals surface area contributed by atoms with Crippen molar-refractivity contribution in [3.63, 3.8) is 0 Å². The van der Waals surface area contributed by atoms with E-state index in [-0.39, 0.29) is 30.2 Å². The molecule has 2 amide bonds. The number of ether oxygens (including phenoxy) is 1. The number of benzene rings is 1. The number of rotatable bonds is 5. The second kappa shape index (κ2) is 9.53. The van der Waals surface area contributed by atoms with Gasteiger partial charge in [0, 0.05) is 19.5 Å². The molecule has 1 aliphatic heterocycles. The fourth-order valence-electron chi connectivity index (χ4n) is 4.27. The Morgan fingerprint density at radius 1 is 1.11 bits per heavy atom. The summed E-state index contributed by atoms with van der Waals surface area (Å²) in [7, 11) is 0. The van der Waals surface area contributed by atoms with E-state index in [9.17, 15) is 14.4 Å². The number of likely N-dealkylation sites (tertiary alicyclic amines) is 1. The Bertz CT molecular complexity index is 742. The summed E-state index contributed by atoms with van der Waals surface area (Å²) in [6.07, 6.45) is 8.34. The van der Waals surface area contributed by atoms with Gasteiger partial charge in [0.25, 0.3) is 5.91 Å². The number of nitrogens with zero attached hydrogens (tertiary/aromatic N) is 1. The number of hydrogen-bond donors (Lipinski definition) is 1. The maximum Gasteiger partial charge on any atom is 0.355 e. The van der Waals surface area contributed by atoms with Crippen molar-refractivity contribution in [3.8, 4) is 0 Å². The van der Waals surface area contributed by atoms with Gasteiger partial charge in [0.15, 0.2) is 6.61 Å². The van der Waals surface area contributed by atoms with Crippen LogP contribution in [0.15, 0.2) is 36.0 Å². The summed E-state index contributed by atoms with van der Waals surface area (Å²) < 4.78 is 5.26. The highest BCUT2D eigenvalue weighted by atomic mass is 16.5. The first-order valence-corrected chi connectivity index (χ1v) is 10.1. The fraction of sp³-hybridized carbons (Fsp3) is 0.500. The lowest BCUT2D eigenvalue weighted by atomic mass is 9.78. The summed E-state index contributed by atoms with van der Waals surface area (Å²) in [5.74, 6) is -0.641. The highest BCUT2D eigenvalue weighted by Gasteiger charge is 2.35. The number of piperidine rings is 1. The van der Waals surface area contributed by atoms with Gasteiger partial charge in [-0.25, -0.2) is 4.79 Å². The molecule has 1 heterocycles. The van der Waals surface area contributed by atoms with Crippen molar-refractivity contribution >= 4 is 23.9 Å². The molecule has 0 radical (unpaired) electrons. The van der Waals surface area contributed by atoms with E-state index < -0.39 is 5.97 Å². The predicted octanol–water partition coefficient (Wildman–Crippen LogP) is 2.89. The molecule has 0 spiro atoms. The number of carbonyl (C=O) groups is 3. The van der Waals surface area contributed by atoms with Crippen molar-refractivity contribution in [1.82, 2.24) is 10.2 Å². The number of amides is 2. The zero-order chi connectivity index (χ0) is 19.9. The van der Waals surface area contributed by atoms with Crippen LogP contribution in [-0.4, -0.2) is 41.9 Å². The van der Waals surface area contributed by atoms with E-state index in [1.165, 1.54) is 26.2 Å². The van der Waals surface area contributed by atoms with E-state index in [1.807, 2.05) is 35.2 Å². The van der Waals surface area contributed by atoms with Crippen LogP contribution in [0.3, 0.4) is 0 Å². The van der Waals surface area contributed by atoms with Crippen LogP contribution in [0.1, 0.15) is 51.0 Å².